The van der Waals surface area contributed by atoms with Crippen molar-refractivity contribution in [1.82, 2.24) is 9.80 Å². The molecule has 1 unspecified atom stereocenters. The van der Waals surface area contributed by atoms with Gasteiger partial charge in [-0.25, -0.2) is 4.79 Å². The zero-order valence-corrected chi connectivity index (χ0v) is 11.9. The van der Waals surface area contributed by atoms with Gasteiger partial charge >= 0.3 is 12.0 Å². The quantitative estimate of drug-likeness (QED) is 0.850. The highest BCUT2D eigenvalue weighted by Crippen LogP contribution is 2.36. The van der Waals surface area contributed by atoms with E-state index in [1.54, 1.807) is 9.80 Å². The fourth-order valence-corrected chi connectivity index (χ4v) is 3.15. The number of hydrogen-bond acceptors (Lipinski definition) is 2. The number of aliphatic carboxylic acids is 1. The van der Waals surface area contributed by atoms with Crippen molar-refractivity contribution in [2.75, 3.05) is 20.1 Å². The van der Waals surface area contributed by atoms with Crippen molar-refractivity contribution in [1.29, 1.82) is 0 Å². The minimum Gasteiger partial charge on any atom is -0.481 e. The number of nitrogens with zero attached hydrogens (tertiary/aromatic N) is 2. The van der Waals surface area contributed by atoms with Crippen molar-refractivity contribution >= 4 is 12.0 Å². The molecular formula is C14H24N2O3. The molecule has 0 aromatic rings. The van der Waals surface area contributed by atoms with Crippen LogP contribution in [0.15, 0.2) is 0 Å². The van der Waals surface area contributed by atoms with E-state index in [0.29, 0.717) is 32.0 Å². The molecule has 1 aliphatic carbocycles. The van der Waals surface area contributed by atoms with Gasteiger partial charge in [-0.15, -0.1) is 0 Å². The summed E-state index contributed by atoms with van der Waals surface area (Å²) in [6.45, 7) is 2.93. The van der Waals surface area contributed by atoms with Crippen LogP contribution in [0.4, 0.5) is 4.79 Å². The molecule has 19 heavy (non-hydrogen) atoms. The normalized spacial score (nSPS) is 27.2. The highest BCUT2D eigenvalue weighted by atomic mass is 16.4. The lowest BCUT2D eigenvalue weighted by Gasteiger charge is -2.37. The number of rotatable bonds is 4. The van der Waals surface area contributed by atoms with Gasteiger partial charge in [0.15, 0.2) is 0 Å². The Hall–Kier alpha value is -1.26. The summed E-state index contributed by atoms with van der Waals surface area (Å²) >= 11 is 0. The van der Waals surface area contributed by atoms with Crippen molar-refractivity contribution in [2.45, 2.75) is 51.5 Å². The van der Waals surface area contributed by atoms with Gasteiger partial charge in [0.05, 0.1) is 5.41 Å². The number of carboxylic acid groups (broad SMARTS) is 1. The number of carbonyl (C=O) groups excluding carboxylic acids is 1. The van der Waals surface area contributed by atoms with Gasteiger partial charge in [-0.05, 0) is 32.1 Å². The fourth-order valence-electron chi connectivity index (χ4n) is 3.15. The Kier molecular flexibility index (Phi) is 4.02. The van der Waals surface area contributed by atoms with Crippen LogP contribution in [-0.4, -0.2) is 53.1 Å². The monoisotopic (exact) mass is 268 g/mol. The Morgan fingerprint density at radius 1 is 1.42 bits per heavy atom. The Balaban J connectivity index is 1.99. The van der Waals surface area contributed by atoms with E-state index >= 15 is 0 Å². The van der Waals surface area contributed by atoms with Gasteiger partial charge in [0.2, 0.25) is 0 Å². The Bertz CT molecular complexity index is 368. The number of carbonyl (C=O) groups is 2. The van der Waals surface area contributed by atoms with Gasteiger partial charge in [0.25, 0.3) is 0 Å². The van der Waals surface area contributed by atoms with Crippen LogP contribution < -0.4 is 0 Å². The third kappa shape index (κ3) is 2.55. The predicted molar refractivity (Wildman–Crippen MR) is 72.0 cm³/mol. The molecule has 0 bridgehead atoms. The second-order valence-electron chi connectivity index (χ2n) is 5.99. The lowest BCUT2D eigenvalue weighted by molar-refractivity contribution is -0.148. The molecule has 1 heterocycles. The Morgan fingerprint density at radius 2 is 2.11 bits per heavy atom. The molecule has 2 rings (SSSR count). The van der Waals surface area contributed by atoms with Gasteiger partial charge in [-0.1, -0.05) is 13.3 Å². The molecule has 1 aliphatic heterocycles. The summed E-state index contributed by atoms with van der Waals surface area (Å²) in [7, 11) is 1.84. The molecule has 1 saturated carbocycles. The molecule has 2 amide bonds. The van der Waals surface area contributed by atoms with E-state index in [1.807, 2.05) is 14.0 Å². The van der Waals surface area contributed by atoms with E-state index in [4.69, 9.17) is 0 Å². The first-order chi connectivity index (χ1) is 9.00. The molecule has 0 radical (unpaired) electrons. The van der Waals surface area contributed by atoms with Crippen LogP contribution in [0.3, 0.4) is 0 Å². The lowest BCUT2D eigenvalue weighted by atomic mass is 9.83. The standard InChI is InChI=1S/C14H24N2O3/c1-3-7-14(12(17)18)8-9-16(10-14)13(19)15(2)11-5-4-6-11/h11H,3-10H2,1-2H3,(H,17,18). The van der Waals surface area contributed by atoms with E-state index in [-0.39, 0.29) is 6.03 Å². The summed E-state index contributed by atoms with van der Waals surface area (Å²) in [4.78, 5) is 27.4. The smallest absolute Gasteiger partial charge is 0.320 e. The SMILES string of the molecule is CCCC1(C(=O)O)CCN(C(=O)N(C)C2CCC2)C1. The predicted octanol–water partition coefficient (Wildman–Crippen LogP) is 2.17. The third-order valence-corrected chi connectivity index (χ3v) is 4.73. The van der Waals surface area contributed by atoms with Crippen LogP contribution in [-0.2, 0) is 4.79 Å². The van der Waals surface area contributed by atoms with E-state index in [0.717, 1.165) is 19.3 Å². The molecule has 1 saturated heterocycles. The first-order valence-corrected chi connectivity index (χ1v) is 7.25. The van der Waals surface area contributed by atoms with Crippen LogP contribution in [0.1, 0.15) is 45.4 Å². The maximum atomic E-state index is 12.4. The molecule has 5 heteroatoms. The summed E-state index contributed by atoms with van der Waals surface area (Å²) in [5.41, 5.74) is -0.717. The van der Waals surface area contributed by atoms with E-state index in [9.17, 15) is 14.7 Å². The number of urea groups is 1. The first kappa shape index (κ1) is 14.2. The van der Waals surface area contributed by atoms with Gasteiger partial charge in [-0.2, -0.15) is 0 Å². The molecule has 108 valence electrons. The molecule has 1 N–H and O–H groups in total. The van der Waals surface area contributed by atoms with Gasteiger partial charge in [0.1, 0.15) is 0 Å². The average molecular weight is 268 g/mol. The summed E-state index contributed by atoms with van der Waals surface area (Å²) in [5.74, 6) is -0.754. The van der Waals surface area contributed by atoms with E-state index < -0.39 is 11.4 Å². The van der Waals surface area contributed by atoms with E-state index in [1.165, 1.54) is 6.42 Å². The molecular weight excluding hydrogens is 244 g/mol. The van der Waals surface area contributed by atoms with Gasteiger partial charge in [0, 0.05) is 26.2 Å². The summed E-state index contributed by atoms with van der Waals surface area (Å²) in [6.07, 6.45) is 5.42. The van der Waals surface area contributed by atoms with Gasteiger partial charge < -0.3 is 14.9 Å². The van der Waals surface area contributed by atoms with Crippen molar-refractivity contribution in [3.8, 4) is 0 Å². The highest BCUT2D eigenvalue weighted by molar-refractivity contribution is 5.80. The molecule has 0 aromatic heterocycles. The summed E-state index contributed by atoms with van der Waals surface area (Å²) in [5, 5.41) is 9.45. The zero-order chi connectivity index (χ0) is 14.0. The van der Waals surface area contributed by atoms with Crippen LogP contribution in [0, 0.1) is 5.41 Å². The highest BCUT2D eigenvalue weighted by Gasteiger charge is 2.46. The van der Waals surface area contributed by atoms with Crippen molar-refractivity contribution in [3.63, 3.8) is 0 Å². The van der Waals surface area contributed by atoms with Crippen LogP contribution in [0.2, 0.25) is 0 Å². The third-order valence-electron chi connectivity index (χ3n) is 4.73. The molecule has 1 atom stereocenters. The van der Waals surface area contributed by atoms with E-state index in [2.05, 4.69) is 0 Å². The maximum Gasteiger partial charge on any atom is 0.320 e. The number of likely N-dealkylation sites (tertiary alicyclic amines) is 1. The molecule has 0 aromatic carbocycles. The largest absolute Gasteiger partial charge is 0.481 e. The Labute approximate surface area is 114 Å². The number of hydrogen-bond donors (Lipinski definition) is 1. The minimum atomic E-state index is -0.754. The molecule has 0 spiro atoms. The second kappa shape index (κ2) is 5.39. The Morgan fingerprint density at radius 3 is 2.58 bits per heavy atom. The van der Waals surface area contributed by atoms with Gasteiger partial charge in [-0.3, -0.25) is 4.79 Å². The van der Waals surface area contributed by atoms with Crippen molar-refractivity contribution in [2.24, 2.45) is 5.41 Å². The molecule has 2 aliphatic rings. The fraction of sp³-hybridized carbons (Fsp3) is 0.857. The van der Waals surface area contributed by atoms with Crippen molar-refractivity contribution in [3.05, 3.63) is 0 Å². The maximum absolute atomic E-state index is 12.4. The molecule has 2 fully saturated rings. The first-order valence-electron chi connectivity index (χ1n) is 7.25. The average Bonchev–Trinajstić information content (AvgIpc) is 2.72. The van der Waals surface area contributed by atoms with Crippen molar-refractivity contribution < 1.29 is 14.7 Å². The molecule has 5 nitrogen and oxygen atoms in total. The second-order valence-corrected chi connectivity index (χ2v) is 5.99. The summed E-state index contributed by atoms with van der Waals surface area (Å²) in [6, 6.07) is 0.363. The topological polar surface area (TPSA) is 60.9 Å². The zero-order valence-electron chi connectivity index (χ0n) is 11.9. The number of carboxylic acids is 1. The summed E-state index contributed by atoms with van der Waals surface area (Å²) < 4.78 is 0. The van der Waals surface area contributed by atoms with Crippen LogP contribution in [0.25, 0.3) is 0 Å². The van der Waals surface area contributed by atoms with Crippen LogP contribution in [0.5, 0.6) is 0 Å². The number of amides is 2. The minimum absolute atomic E-state index is 0.00364. The lowest BCUT2D eigenvalue weighted by Crippen LogP contribution is -2.48. The van der Waals surface area contributed by atoms with Crippen LogP contribution >= 0.6 is 0 Å².